The topological polar surface area (TPSA) is 102 Å². The third-order valence-corrected chi connectivity index (χ3v) is 6.39. The van der Waals surface area contributed by atoms with Crippen LogP contribution in [0.3, 0.4) is 0 Å². The zero-order valence-corrected chi connectivity index (χ0v) is 18.7. The maximum atomic E-state index is 14.8. The first-order valence-corrected chi connectivity index (χ1v) is 10.8. The van der Waals surface area contributed by atoms with Gasteiger partial charge in [0.15, 0.2) is 5.15 Å². The molecular weight excluding hydrogens is 482 g/mol. The van der Waals surface area contributed by atoms with E-state index in [1.807, 2.05) is 6.92 Å². The van der Waals surface area contributed by atoms with E-state index in [0.29, 0.717) is 29.6 Å². The van der Waals surface area contributed by atoms with E-state index in [-0.39, 0.29) is 23.0 Å². The highest BCUT2D eigenvalue weighted by Gasteiger charge is 2.62. The maximum absolute atomic E-state index is 14.8. The number of aromatic nitrogens is 5. The van der Waals surface area contributed by atoms with Crippen molar-refractivity contribution in [3.63, 3.8) is 0 Å². The standard InChI is InChI=1S/C20H18ClF4N7O2/c1-9-3-11-7-19(6-9,17-29-28-10(2)34-17)31(11)18(33)27-14-5-15(32-26-8-16(21)30-32)12(4-13(14)22)20(23,24)25/h4-5,8-9,11H,3,6-7H2,1-2H3,(H,27,33)/t9-,11-,19+/m0/s1. The smallest absolute Gasteiger partial charge is 0.418 e. The number of halogens is 5. The summed E-state index contributed by atoms with van der Waals surface area (Å²) in [5.74, 6) is -0.355. The molecule has 2 amide bonds. The Morgan fingerprint density at radius 1 is 1.29 bits per heavy atom. The number of benzene rings is 1. The molecule has 0 unspecified atom stereocenters. The minimum atomic E-state index is -4.90. The number of urea groups is 1. The van der Waals surface area contributed by atoms with Crippen LogP contribution in [0.1, 0.15) is 43.5 Å². The van der Waals surface area contributed by atoms with Crippen LogP contribution in [-0.4, -0.2) is 42.2 Å². The first-order valence-electron chi connectivity index (χ1n) is 10.4. The summed E-state index contributed by atoms with van der Waals surface area (Å²) in [6.07, 6.45) is -1.97. The van der Waals surface area contributed by atoms with Gasteiger partial charge in [-0.1, -0.05) is 18.5 Å². The molecule has 2 aliphatic rings. The van der Waals surface area contributed by atoms with Gasteiger partial charge in [-0.3, -0.25) is 0 Å². The summed E-state index contributed by atoms with van der Waals surface area (Å²) < 4.78 is 61.0. The van der Waals surface area contributed by atoms with E-state index in [1.165, 1.54) is 4.90 Å². The van der Waals surface area contributed by atoms with Gasteiger partial charge < -0.3 is 14.6 Å². The van der Waals surface area contributed by atoms with Crippen LogP contribution in [0.5, 0.6) is 0 Å². The van der Waals surface area contributed by atoms with Gasteiger partial charge in [0.1, 0.15) is 17.0 Å². The number of fused-ring (bicyclic) bond motifs is 2. The van der Waals surface area contributed by atoms with E-state index >= 15 is 0 Å². The highest BCUT2D eigenvalue weighted by atomic mass is 35.5. The minimum absolute atomic E-state index is 0.151. The second-order valence-corrected chi connectivity index (χ2v) is 9.05. The Hall–Kier alpha value is -3.22. The molecule has 1 saturated carbocycles. The molecule has 3 aromatic rings. The number of nitrogens with zero attached hydrogens (tertiary/aromatic N) is 6. The van der Waals surface area contributed by atoms with Crippen molar-refractivity contribution in [2.75, 3.05) is 5.32 Å². The summed E-state index contributed by atoms with van der Waals surface area (Å²) >= 11 is 5.70. The van der Waals surface area contributed by atoms with Crippen LogP contribution in [0.4, 0.5) is 28.0 Å². The van der Waals surface area contributed by atoms with E-state index in [1.54, 1.807) is 6.92 Å². The van der Waals surface area contributed by atoms with Crippen LogP contribution in [-0.2, 0) is 11.7 Å². The molecule has 1 saturated heterocycles. The largest absolute Gasteiger partial charge is 0.423 e. The van der Waals surface area contributed by atoms with Crippen molar-refractivity contribution >= 4 is 23.3 Å². The molecule has 14 heteroatoms. The fourth-order valence-electron chi connectivity index (χ4n) is 5.02. The van der Waals surface area contributed by atoms with Gasteiger partial charge in [-0.25, -0.2) is 9.18 Å². The van der Waals surface area contributed by atoms with E-state index in [9.17, 15) is 22.4 Å². The lowest BCUT2D eigenvalue weighted by molar-refractivity contribution is -0.137. The van der Waals surface area contributed by atoms with Gasteiger partial charge in [-0.2, -0.15) is 18.3 Å². The van der Waals surface area contributed by atoms with Crippen molar-refractivity contribution in [1.82, 2.24) is 30.1 Å². The molecule has 0 radical (unpaired) electrons. The zero-order valence-electron chi connectivity index (χ0n) is 17.9. The van der Waals surface area contributed by atoms with Crippen LogP contribution < -0.4 is 5.32 Å². The molecule has 1 aromatic carbocycles. The van der Waals surface area contributed by atoms with Gasteiger partial charge in [-0.05, 0) is 30.9 Å². The molecule has 1 aliphatic heterocycles. The third-order valence-electron chi connectivity index (χ3n) is 6.21. The van der Waals surface area contributed by atoms with Crippen LogP contribution in [0.2, 0.25) is 5.15 Å². The predicted molar refractivity (Wildman–Crippen MR) is 110 cm³/mol. The Balaban J connectivity index is 1.50. The predicted octanol–water partition coefficient (Wildman–Crippen LogP) is 4.70. The molecule has 5 rings (SSSR count). The normalized spacial score (nSPS) is 24.1. The summed E-state index contributed by atoms with van der Waals surface area (Å²) in [5.41, 5.74) is -3.22. The number of hydrogen-bond acceptors (Lipinski definition) is 6. The minimum Gasteiger partial charge on any atom is -0.423 e. The van der Waals surface area contributed by atoms with Gasteiger partial charge in [0.25, 0.3) is 0 Å². The molecule has 9 nitrogen and oxygen atoms in total. The molecule has 2 fully saturated rings. The molecule has 1 N–H and O–H groups in total. The highest BCUT2D eigenvalue weighted by molar-refractivity contribution is 6.29. The molecule has 180 valence electrons. The van der Waals surface area contributed by atoms with Crippen molar-refractivity contribution in [1.29, 1.82) is 0 Å². The SMILES string of the molecule is Cc1nnc([C@@]23C[C@@H](C)C[C@@H](C2)N3C(=O)Nc2cc(-n3ncc(Cl)n3)c(C(F)(F)F)cc2F)o1. The lowest BCUT2D eigenvalue weighted by atomic mass is 9.64. The van der Waals surface area contributed by atoms with Crippen molar-refractivity contribution in [2.24, 2.45) is 5.92 Å². The van der Waals surface area contributed by atoms with E-state index < -0.39 is 40.5 Å². The van der Waals surface area contributed by atoms with Crippen molar-refractivity contribution in [2.45, 2.75) is 50.9 Å². The Labute approximate surface area is 195 Å². The number of carbonyl (C=O) groups is 1. The summed E-state index contributed by atoms with van der Waals surface area (Å²) in [7, 11) is 0. The number of nitrogens with one attached hydrogen (secondary N) is 1. The number of rotatable bonds is 3. The lowest BCUT2D eigenvalue weighted by Gasteiger charge is -2.61. The molecule has 2 aromatic heterocycles. The van der Waals surface area contributed by atoms with E-state index in [2.05, 4.69) is 25.7 Å². The number of piperidine rings is 1. The van der Waals surface area contributed by atoms with E-state index in [0.717, 1.165) is 18.7 Å². The van der Waals surface area contributed by atoms with Crippen LogP contribution in [0.25, 0.3) is 5.69 Å². The Kier molecular flexibility index (Phi) is 5.08. The maximum Gasteiger partial charge on any atom is 0.418 e. The van der Waals surface area contributed by atoms with Crippen LogP contribution >= 0.6 is 11.6 Å². The summed E-state index contributed by atoms with van der Waals surface area (Å²) in [6, 6.07) is 0.279. The number of hydrogen-bond donors (Lipinski definition) is 1. The number of aryl methyl sites for hydroxylation is 1. The number of amides is 2. The van der Waals surface area contributed by atoms with Crippen molar-refractivity contribution < 1.29 is 26.8 Å². The summed E-state index contributed by atoms with van der Waals surface area (Å²) in [6.45, 7) is 3.68. The molecule has 1 aliphatic carbocycles. The second-order valence-electron chi connectivity index (χ2n) is 8.66. The molecule has 2 bridgehead atoms. The second kappa shape index (κ2) is 7.65. The fraction of sp³-hybridized carbons (Fsp3) is 0.450. The van der Waals surface area contributed by atoms with Gasteiger partial charge in [0.05, 0.1) is 17.4 Å². The number of anilines is 1. The zero-order chi connectivity index (χ0) is 24.4. The van der Waals surface area contributed by atoms with E-state index in [4.69, 9.17) is 16.0 Å². The summed E-state index contributed by atoms with van der Waals surface area (Å²) in [5, 5.41) is 17.6. The van der Waals surface area contributed by atoms with Gasteiger partial charge >= 0.3 is 12.2 Å². The number of likely N-dealkylation sites (tertiary alicyclic amines) is 1. The molecule has 34 heavy (non-hydrogen) atoms. The van der Waals surface area contributed by atoms with Crippen LogP contribution in [0, 0.1) is 18.7 Å². The first-order chi connectivity index (χ1) is 16.0. The Morgan fingerprint density at radius 2 is 2.06 bits per heavy atom. The summed E-state index contributed by atoms with van der Waals surface area (Å²) in [4.78, 5) is 15.4. The van der Waals surface area contributed by atoms with Gasteiger partial charge in [0.2, 0.25) is 11.8 Å². The van der Waals surface area contributed by atoms with Crippen molar-refractivity contribution in [3.8, 4) is 5.69 Å². The quantitative estimate of drug-likeness (QED) is 0.524. The average molecular weight is 500 g/mol. The molecule has 3 atom stereocenters. The Morgan fingerprint density at radius 3 is 2.68 bits per heavy atom. The van der Waals surface area contributed by atoms with Crippen LogP contribution in [0.15, 0.2) is 22.7 Å². The van der Waals surface area contributed by atoms with Crippen molar-refractivity contribution in [3.05, 3.63) is 46.6 Å². The first kappa shape index (κ1) is 22.6. The Bertz CT molecular complexity index is 1280. The van der Waals surface area contributed by atoms with Gasteiger partial charge in [-0.15, -0.1) is 20.1 Å². The monoisotopic (exact) mass is 499 g/mol. The molecular formula is C20H18ClF4N7O2. The van der Waals surface area contributed by atoms with Gasteiger partial charge in [0, 0.05) is 19.4 Å². The average Bonchev–Trinajstić information content (AvgIpc) is 3.36. The fourth-order valence-corrected chi connectivity index (χ4v) is 5.13. The molecule has 0 spiro atoms. The lowest BCUT2D eigenvalue weighted by Crippen LogP contribution is -2.70. The number of carbonyl (C=O) groups excluding carboxylic acids is 1. The highest BCUT2D eigenvalue weighted by Crippen LogP contribution is 2.55. The number of alkyl halides is 3. The molecule has 3 heterocycles. The third kappa shape index (κ3) is 3.58.